The van der Waals surface area contributed by atoms with Crippen molar-refractivity contribution in [2.75, 3.05) is 13.2 Å². The van der Waals surface area contributed by atoms with Crippen LogP contribution in [0.3, 0.4) is 0 Å². The number of carbonyl (C=O) groups is 1. The van der Waals surface area contributed by atoms with Gasteiger partial charge in [0.15, 0.2) is 0 Å². The van der Waals surface area contributed by atoms with Crippen molar-refractivity contribution in [1.82, 2.24) is 4.90 Å². The maximum atomic E-state index is 12.4. The van der Waals surface area contributed by atoms with E-state index in [1.165, 1.54) is 11.3 Å². The van der Waals surface area contributed by atoms with Crippen LogP contribution >= 0.6 is 11.3 Å². The Kier molecular flexibility index (Phi) is 4.18. The van der Waals surface area contributed by atoms with E-state index in [1.54, 1.807) is 0 Å². The molecule has 1 unspecified atom stereocenters. The van der Waals surface area contributed by atoms with Crippen LogP contribution in [0.15, 0.2) is 11.4 Å². The fraction of sp³-hybridized carbons (Fsp3) is 0.615. The molecular weight excluding hydrogens is 234 g/mol. The van der Waals surface area contributed by atoms with E-state index >= 15 is 0 Å². The van der Waals surface area contributed by atoms with Crippen LogP contribution < -0.4 is 0 Å². The van der Waals surface area contributed by atoms with Gasteiger partial charge in [-0.3, -0.25) is 4.79 Å². The van der Waals surface area contributed by atoms with Crippen molar-refractivity contribution in [1.29, 1.82) is 0 Å². The van der Waals surface area contributed by atoms with Crippen LogP contribution in [0.2, 0.25) is 0 Å². The number of likely N-dealkylation sites (tertiary alicyclic amines) is 1. The van der Waals surface area contributed by atoms with E-state index in [-0.39, 0.29) is 18.6 Å². The normalized spacial score (nSPS) is 20.6. The Morgan fingerprint density at radius 2 is 2.41 bits per heavy atom. The molecular formula is C13H19NO2S. The van der Waals surface area contributed by atoms with Gasteiger partial charge in [0.1, 0.15) is 0 Å². The number of piperidine rings is 1. The number of aryl methyl sites for hydroxylation is 1. The van der Waals surface area contributed by atoms with E-state index in [2.05, 4.69) is 6.92 Å². The van der Waals surface area contributed by atoms with Crippen LogP contribution in [0, 0.1) is 0 Å². The Morgan fingerprint density at radius 1 is 1.59 bits per heavy atom. The van der Waals surface area contributed by atoms with Crippen molar-refractivity contribution in [3.05, 3.63) is 21.9 Å². The van der Waals surface area contributed by atoms with E-state index in [0.717, 1.165) is 42.7 Å². The summed E-state index contributed by atoms with van der Waals surface area (Å²) in [4.78, 5) is 15.1. The molecule has 1 N–H and O–H groups in total. The first-order chi connectivity index (χ1) is 8.27. The van der Waals surface area contributed by atoms with E-state index in [9.17, 15) is 9.90 Å². The smallest absolute Gasteiger partial charge is 0.264 e. The fourth-order valence-electron chi connectivity index (χ4n) is 2.39. The first-order valence-corrected chi connectivity index (χ1v) is 7.14. The van der Waals surface area contributed by atoms with Crippen LogP contribution in [0.25, 0.3) is 0 Å². The molecule has 1 amide bonds. The summed E-state index contributed by atoms with van der Waals surface area (Å²) < 4.78 is 0. The predicted octanol–water partition coefficient (Wildman–Crippen LogP) is 2.30. The topological polar surface area (TPSA) is 40.5 Å². The Bertz CT molecular complexity index is 389. The van der Waals surface area contributed by atoms with Gasteiger partial charge in [-0.2, -0.15) is 0 Å². The summed E-state index contributed by atoms with van der Waals surface area (Å²) in [6, 6.07) is 2.04. The summed E-state index contributed by atoms with van der Waals surface area (Å²) in [5, 5.41) is 11.3. The molecule has 0 aromatic carbocycles. The lowest BCUT2D eigenvalue weighted by atomic mass is 10.0. The van der Waals surface area contributed by atoms with Crippen LogP contribution in [0.5, 0.6) is 0 Å². The van der Waals surface area contributed by atoms with Crippen molar-refractivity contribution >= 4 is 17.2 Å². The number of hydrogen-bond acceptors (Lipinski definition) is 3. The monoisotopic (exact) mass is 253 g/mol. The lowest BCUT2D eigenvalue weighted by Gasteiger charge is -2.34. The van der Waals surface area contributed by atoms with Gasteiger partial charge < -0.3 is 10.0 Å². The molecule has 0 radical (unpaired) electrons. The highest BCUT2D eigenvalue weighted by atomic mass is 32.1. The summed E-state index contributed by atoms with van der Waals surface area (Å²) >= 11 is 1.52. The largest absolute Gasteiger partial charge is 0.394 e. The van der Waals surface area contributed by atoms with Gasteiger partial charge in [0, 0.05) is 6.54 Å². The lowest BCUT2D eigenvalue weighted by Crippen LogP contribution is -2.45. The number of aliphatic hydroxyl groups is 1. The summed E-state index contributed by atoms with van der Waals surface area (Å²) in [6.45, 7) is 2.93. The molecule has 17 heavy (non-hydrogen) atoms. The molecule has 1 aromatic rings. The van der Waals surface area contributed by atoms with Crippen LogP contribution in [0.4, 0.5) is 0 Å². The molecule has 2 rings (SSSR count). The van der Waals surface area contributed by atoms with E-state index in [0.29, 0.717) is 0 Å². The average Bonchev–Trinajstić information content (AvgIpc) is 2.86. The predicted molar refractivity (Wildman–Crippen MR) is 69.5 cm³/mol. The van der Waals surface area contributed by atoms with E-state index in [4.69, 9.17) is 0 Å². The fourth-order valence-corrected chi connectivity index (χ4v) is 3.34. The van der Waals surface area contributed by atoms with Gasteiger partial charge in [0.25, 0.3) is 5.91 Å². The second-order valence-corrected chi connectivity index (χ2v) is 5.38. The zero-order valence-electron chi connectivity index (χ0n) is 10.2. The zero-order valence-corrected chi connectivity index (χ0v) is 11.0. The molecule has 1 aliphatic heterocycles. The van der Waals surface area contributed by atoms with Gasteiger partial charge in [-0.15, -0.1) is 11.3 Å². The number of aliphatic hydroxyl groups excluding tert-OH is 1. The molecule has 0 bridgehead atoms. The molecule has 1 saturated heterocycles. The third kappa shape index (κ3) is 2.53. The number of carbonyl (C=O) groups excluding carboxylic acids is 1. The summed E-state index contributed by atoms with van der Waals surface area (Å²) in [5.41, 5.74) is 1.13. The van der Waals surface area contributed by atoms with Gasteiger partial charge in [0.2, 0.25) is 0 Å². The van der Waals surface area contributed by atoms with Gasteiger partial charge in [0.05, 0.1) is 17.5 Å². The summed E-state index contributed by atoms with van der Waals surface area (Å²) in [7, 11) is 0. The second-order valence-electron chi connectivity index (χ2n) is 4.46. The van der Waals surface area contributed by atoms with Gasteiger partial charge >= 0.3 is 0 Å². The van der Waals surface area contributed by atoms with Crippen LogP contribution in [-0.4, -0.2) is 35.1 Å². The number of amides is 1. The van der Waals surface area contributed by atoms with Gasteiger partial charge in [-0.05, 0) is 42.7 Å². The van der Waals surface area contributed by atoms with Crippen molar-refractivity contribution in [3.63, 3.8) is 0 Å². The first-order valence-electron chi connectivity index (χ1n) is 6.26. The Balaban J connectivity index is 2.18. The van der Waals surface area contributed by atoms with Gasteiger partial charge in [-0.1, -0.05) is 6.92 Å². The maximum Gasteiger partial charge on any atom is 0.264 e. The van der Waals surface area contributed by atoms with Crippen LogP contribution in [0.1, 0.15) is 41.4 Å². The highest BCUT2D eigenvalue weighted by Crippen LogP contribution is 2.24. The van der Waals surface area contributed by atoms with E-state index < -0.39 is 0 Å². The molecule has 2 heterocycles. The summed E-state index contributed by atoms with van der Waals surface area (Å²) in [6.07, 6.45) is 3.98. The molecule has 0 aliphatic carbocycles. The molecule has 1 atom stereocenters. The molecule has 0 spiro atoms. The van der Waals surface area contributed by atoms with Gasteiger partial charge in [-0.25, -0.2) is 0 Å². The average molecular weight is 253 g/mol. The summed E-state index contributed by atoms with van der Waals surface area (Å²) in [5.74, 6) is 0.107. The number of thiophene rings is 1. The minimum absolute atomic E-state index is 0.0167. The number of rotatable bonds is 3. The molecule has 3 nitrogen and oxygen atoms in total. The van der Waals surface area contributed by atoms with Crippen molar-refractivity contribution in [2.24, 2.45) is 0 Å². The second kappa shape index (κ2) is 5.65. The Morgan fingerprint density at radius 3 is 3.12 bits per heavy atom. The lowest BCUT2D eigenvalue weighted by molar-refractivity contribution is 0.0507. The quantitative estimate of drug-likeness (QED) is 0.898. The highest BCUT2D eigenvalue weighted by molar-refractivity contribution is 7.12. The molecule has 94 valence electrons. The van der Waals surface area contributed by atoms with E-state index in [1.807, 2.05) is 16.3 Å². The third-order valence-electron chi connectivity index (χ3n) is 3.42. The first kappa shape index (κ1) is 12.6. The number of nitrogens with zero attached hydrogens (tertiary/aromatic N) is 1. The minimum Gasteiger partial charge on any atom is -0.394 e. The SMILES string of the molecule is CCc1ccsc1C(=O)N1CCCCC1CO. The number of hydrogen-bond donors (Lipinski definition) is 1. The minimum atomic E-state index is 0.0167. The van der Waals surface area contributed by atoms with Crippen molar-refractivity contribution < 1.29 is 9.90 Å². The zero-order chi connectivity index (χ0) is 12.3. The van der Waals surface area contributed by atoms with Crippen molar-refractivity contribution in [3.8, 4) is 0 Å². The molecule has 4 heteroatoms. The highest BCUT2D eigenvalue weighted by Gasteiger charge is 2.28. The molecule has 1 fully saturated rings. The standard InChI is InChI=1S/C13H19NO2S/c1-2-10-6-8-17-12(10)13(16)14-7-4-3-5-11(14)9-15/h6,8,11,15H,2-5,7,9H2,1H3. The van der Waals surface area contributed by atoms with Crippen LogP contribution in [-0.2, 0) is 6.42 Å². The Hall–Kier alpha value is -0.870. The third-order valence-corrected chi connectivity index (χ3v) is 4.37. The molecule has 0 saturated carbocycles. The Labute approximate surface area is 106 Å². The van der Waals surface area contributed by atoms with Crippen molar-refractivity contribution in [2.45, 2.75) is 38.6 Å². The molecule has 1 aromatic heterocycles. The molecule has 1 aliphatic rings. The maximum absolute atomic E-state index is 12.4.